The van der Waals surface area contributed by atoms with Gasteiger partial charge < -0.3 is 15.0 Å². The van der Waals surface area contributed by atoms with E-state index in [2.05, 4.69) is 24.1 Å². The summed E-state index contributed by atoms with van der Waals surface area (Å²) in [6.07, 6.45) is 2.57. The minimum Gasteiger partial charge on any atom is -0.376 e. The Labute approximate surface area is 121 Å². The van der Waals surface area contributed by atoms with Crippen LogP contribution in [0.3, 0.4) is 0 Å². The normalized spacial score (nSPS) is 20.1. The van der Waals surface area contributed by atoms with E-state index in [1.807, 2.05) is 13.1 Å². The topological polar surface area (TPSA) is 24.5 Å². The molecule has 0 radical (unpaired) electrons. The predicted molar refractivity (Wildman–Crippen MR) is 80.7 cm³/mol. The standard InChI is InChI=1S/C16H25FN2O/c1-4-19(11-14-6-5-9-20-14)16-8-7-13(17)10-15(16)12(2)18-3/h7-8,10,12,14,18H,4-6,9,11H2,1-3H3. The Kier molecular flexibility index (Phi) is 5.38. The Morgan fingerprint density at radius 1 is 1.50 bits per heavy atom. The number of nitrogens with one attached hydrogen (secondary N) is 1. The second-order valence-corrected chi connectivity index (χ2v) is 5.39. The summed E-state index contributed by atoms with van der Waals surface area (Å²) in [5.74, 6) is -0.181. The highest BCUT2D eigenvalue weighted by Crippen LogP contribution is 2.28. The summed E-state index contributed by atoms with van der Waals surface area (Å²) in [4.78, 5) is 2.29. The van der Waals surface area contributed by atoms with Crippen LogP contribution in [0.15, 0.2) is 18.2 Å². The van der Waals surface area contributed by atoms with Crippen molar-refractivity contribution in [2.24, 2.45) is 0 Å². The summed E-state index contributed by atoms with van der Waals surface area (Å²) in [6.45, 7) is 6.83. The fourth-order valence-electron chi connectivity index (χ4n) is 2.75. The van der Waals surface area contributed by atoms with Gasteiger partial charge in [0.15, 0.2) is 0 Å². The van der Waals surface area contributed by atoms with Crippen molar-refractivity contribution < 1.29 is 9.13 Å². The molecule has 1 aliphatic rings. The van der Waals surface area contributed by atoms with Gasteiger partial charge in [-0.2, -0.15) is 0 Å². The zero-order valence-electron chi connectivity index (χ0n) is 12.7. The first kappa shape index (κ1) is 15.3. The number of benzene rings is 1. The summed E-state index contributed by atoms with van der Waals surface area (Å²) in [5.41, 5.74) is 2.11. The lowest BCUT2D eigenvalue weighted by Gasteiger charge is -2.29. The number of ether oxygens (including phenoxy) is 1. The van der Waals surface area contributed by atoms with Crippen molar-refractivity contribution in [2.75, 3.05) is 31.6 Å². The number of anilines is 1. The van der Waals surface area contributed by atoms with Crippen molar-refractivity contribution in [1.82, 2.24) is 5.32 Å². The molecule has 20 heavy (non-hydrogen) atoms. The molecule has 0 spiro atoms. The molecule has 1 heterocycles. The molecule has 1 saturated heterocycles. The van der Waals surface area contributed by atoms with Gasteiger partial charge in [0.05, 0.1) is 6.10 Å². The van der Waals surface area contributed by atoms with Crippen molar-refractivity contribution in [1.29, 1.82) is 0 Å². The maximum Gasteiger partial charge on any atom is 0.123 e. The molecule has 1 fully saturated rings. The van der Waals surface area contributed by atoms with Crippen LogP contribution in [0.1, 0.15) is 38.3 Å². The van der Waals surface area contributed by atoms with Crippen LogP contribution >= 0.6 is 0 Å². The fourth-order valence-corrected chi connectivity index (χ4v) is 2.75. The summed E-state index contributed by atoms with van der Waals surface area (Å²) >= 11 is 0. The maximum atomic E-state index is 13.5. The van der Waals surface area contributed by atoms with Gasteiger partial charge in [-0.3, -0.25) is 0 Å². The van der Waals surface area contributed by atoms with Gasteiger partial charge in [-0.05, 0) is 57.5 Å². The zero-order chi connectivity index (χ0) is 14.5. The molecule has 0 saturated carbocycles. The van der Waals surface area contributed by atoms with Gasteiger partial charge in [0.1, 0.15) is 5.82 Å². The second-order valence-electron chi connectivity index (χ2n) is 5.39. The maximum absolute atomic E-state index is 13.5. The lowest BCUT2D eigenvalue weighted by Crippen LogP contribution is -2.33. The number of hydrogen-bond acceptors (Lipinski definition) is 3. The number of rotatable bonds is 6. The van der Waals surface area contributed by atoms with Crippen LogP contribution in [0.4, 0.5) is 10.1 Å². The highest BCUT2D eigenvalue weighted by molar-refractivity contribution is 5.55. The first-order valence-electron chi connectivity index (χ1n) is 7.49. The van der Waals surface area contributed by atoms with E-state index < -0.39 is 0 Å². The Hall–Kier alpha value is -1.13. The van der Waals surface area contributed by atoms with Gasteiger partial charge in [0.2, 0.25) is 0 Å². The first-order valence-corrected chi connectivity index (χ1v) is 7.49. The summed E-state index contributed by atoms with van der Waals surface area (Å²) < 4.78 is 19.3. The molecule has 1 aromatic rings. The predicted octanol–water partition coefficient (Wildman–Crippen LogP) is 3.11. The van der Waals surface area contributed by atoms with Crippen LogP contribution in [0.2, 0.25) is 0 Å². The van der Waals surface area contributed by atoms with Crippen LogP contribution in [-0.4, -0.2) is 32.8 Å². The molecule has 0 aliphatic carbocycles. The van der Waals surface area contributed by atoms with E-state index >= 15 is 0 Å². The summed E-state index contributed by atoms with van der Waals surface area (Å²) in [6, 6.07) is 5.18. The average Bonchev–Trinajstić information content (AvgIpc) is 2.97. The fraction of sp³-hybridized carbons (Fsp3) is 0.625. The molecule has 3 nitrogen and oxygen atoms in total. The van der Waals surface area contributed by atoms with E-state index in [4.69, 9.17) is 4.74 Å². The van der Waals surface area contributed by atoms with Crippen molar-refractivity contribution in [2.45, 2.75) is 38.8 Å². The zero-order valence-corrected chi connectivity index (χ0v) is 12.7. The highest BCUT2D eigenvalue weighted by atomic mass is 19.1. The molecule has 2 rings (SSSR count). The van der Waals surface area contributed by atoms with Crippen LogP contribution in [-0.2, 0) is 4.74 Å². The summed E-state index contributed by atoms with van der Waals surface area (Å²) in [7, 11) is 1.90. The van der Waals surface area contributed by atoms with Crippen molar-refractivity contribution in [3.05, 3.63) is 29.6 Å². The average molecular weight is 280 g/mol. The molecular weight excluding hydrogens is 255 g/mol. The number of hydrogen-bond donors (Lipinski definition) is 1. The van der Waals surface area contributed by atoms with Crippen LogP contribution in [0.5, 0.6) is 0 Å². The Morgan fingerprint density at radius 3 is 2.90 bits per heavy atom. The minimum absolute atomic E-state index is 0.124. The minimum atomic E-state index is -0.181. The number of likely N-dealkylation sites (N-methyl/N-ethyl adjacent to an activating group) is 1. The van der Waals surface area contributed by atoms with E-state index in [1.165, 1.54) is 0 Å². The molecule has 1 aliphatic heterocycles. The number of halogens is 1. The quantitative estimate of drug-likeness (QED) is 0.866. The lowest BCUT2D eigenvalue weighted by molar-refractivity contribution is 0.115. The molecule has 2 atom stereocenters. The monoisotopic (exact) mass is 280 g/mol. The SMILES string of the molecule is CCN(CC1CCCO1)c1ccc(F)cc1C(C)NC. The molecule has 0 amide bonds. The molecular formula is C16H25FN2O. The number of nitrogens with zero attached hydrogens (tertiary/aromatic N) is 1. The van der Waals surface area contributed by atoms with Crippen molar-refractivity contribution >= 4 is 5.69 Å². The van der Waals surface area contributed by atoms with Gasteiger partial charge in [-0.1, -0.05) is 0 Å². The van der Waals surface area contributed by atoms with Crippen LogP contribution in [0.25, 0.3) is 0 Å². The molecule has 4 heteroatoms. The van der Waals surface area contributed by atoms with Crippen molar-refractivity contribution in [3.63, 3.8) is 0 Å². The molecule has 1 aromatic carbocycles. The molecule has 112 valence electrons. The van der Waals surface area contributed by atoms with Gasteiger partial charge >= 0.3 is 0 Å². The summed E-state index contributed by atoms with van der Waals surface area (Å²) in [5, 5.41) is 3.20. The Morgan fingerprint density at radius 2 is 2.30 bits per heavy atom. The Balaban J connectivity index is 2.23. The highest BCUT2D eigenvalue weighted by Gasteiger charge is 2.21. The molecule has 1 N–H and O–H groups in total. The van der Waals surface area contributed by atoms with Crippen LogP contribution in [0, 0.1) is 5.82 Å². The van der Waals surface area contributed by atoms with Gasteiger partial charge in [0.25, 0.3) is 0 Å². The van der Waals surface area contributed by atoms with Crippen molar-refractivity contribution in [3.8, 4) is 0 Å². The van der Waals surface area contributed by atoms with Gasteiger partial charge in [0, 0.05) is 31.4 Å². The van der Waals surface area contributed by atoms with Gasteiger partial charge in [-0.25, -0.2) is 4.39 Å². The largest absolute Gasteiger partial charge is 0.376 e. The van der Waals surface area contributed by atoms with Crippen LogP contribution < -0.4 is 10.2 Å². The lowest BCUT2D eigenvalue weighted by atomic mass is 10.0. The molecule has 2 unspecified atom stereocenters. The van der Waals surface area contributed by atoms with E-state index in [0.29, 0.717) is 6.10 Å². The second kappa shape index (κ2) is 7.04. The third-order valence-electron chi connectivity index (χ3n) is 4.06. The Bertz CT molecular complexity index is 432. The van der Waals surface area contributed by atoms with E-state index in [9.17, 15) is 4.39 Å². The van der Waals surface area contributed by atoms with E-state index in [0.717, 1.165) is 43.8 Å². The third-order valence-corrected chi connectivity index (χ3v) is 4.06. The van der Waals surface area contributed by atoms with E-state index in [1.54, 1.807) is 12.1 Å². The van der Waals surface area contributed by atoms with E-state index in [-0.39, 0.29) is 11.9 Å². The first-order chi connectivity index (χ1) is 9.65. The van der Waals surface area contributed by atoms with Gasteiger partial charge in [-0.15, -0.1) is 0 Å². The third kappa shape index (κ3) is 3.49. The smallest absolute Gasteiger partial charge is 0.123 e. The molecule has 0 bridgehead atoms. The molecule has 0 aromatic heterocycles.